The first-order valence-corrected chi connectivity index (χ1v) is 9.76. The number of benzene rings is 2. The minimum absolute atomic E-state index is 0.110. The molecule has 4 N–H and O–H groups in total. The number of rotatable bonds is 7. The van der Waals surface area contributed by atoms with Crippen LogP contribution in [0.5, 0.6) is 0 Å². The number of hydrogen-bond donors (Lipinski definition) is 4. The van der Waals surface area contributed by atoms with E-state index in [9.17, 15) is 23.1 Å². The standard InChI is InChI=1S/C21H25F3N4O2/c22-21(23,24)16-5-3-4-15(14-16)19(29)27-18-7-2-1-6-17(18)20(30)26-10-13-28-11-8-25-9-12-28/h1-7,14,20,25-26,30H,8-13H2,(H,27,29). The molecule has 1 saturated heterocycles. The summed E-state index contributed by atoms with van der Waals surface area (Å²) in [4.78, 5) is 14.8. The molecule has 0 aliphatic carbocycles. The van der Waals surface area contributed by atoms with Crippen molar-refractivity contribution in [2.24, 2.45) is 0 Å². The van der Waals surface area contributed by atoms with Crippen molar-refractivity contribution in [2.75, 3.05) is 44.6 Å². The van der Waals surface area contributed by atoms with Gasteiger partial charge in [-0.05, 0) is 24.3 Å². The first-order chi connectivity index (χ1) is 14.3. The number of amides is 1. The molecule has 1 fully saturated rings. The Kier molecular flexibility index (Phi) is 7.43. The summed E-state index contributed by atoms with van der Waals surface area (Å²) < 4.78 is 38.7. The van der Waals surface area contributed by atoms with Crippen molar-refractivity contribution in [1.29, 1.82) is 0 Å². The predicted molar refractivity (Wildman–Crippen MR) is 108 cm³/mol. The van der Waals surface area contributed by atoms with Gasteiger partial charge in [-0.3, -0.25) is 15.0 Å². The van der Waals surface area contributed by atoms with Crippen molar-refractivity contribution in [3.63, 3.8) is 0 Å². The topological polar surface area (TPSA) is 76.6 Å². The number of carbonyl (C=O) groups is 1. The van der Waals surface area contributed by atoms with Gasteiger partial charge < -0.3 is 15.7 Å². The van der Waals surface area contributed by atoms with Gasteiger partial charge in [0.1, 0.15) is 6.23 Å². The van der Waals surface area contributed by atoms with Crippen LogP contribution in [0.4, 0.5) is 18.9 Å². The average molecular weight is 422 g/mol. The second-order valence-corrected chi connectivity index (χ2v) is 7.07. The van der Waals surface area contributed by atoms with Crippen LogP contribution in [0.1, 0.15) is 27.7 Å². The van der Waals surface area contributed by atoms with Crippen LogP contribution in [0.25, 0.3) is 0 Å². The minimum atomic E-state index is -4.53. The van der Waals surface area contributed by atoms with E-state index in [-0.39, 0.29) is 5.56 Å². The lowest BCUT2D eigenvalue weighted by atomic mass is 10.1. The summed E-state index contributed by atoms with van der Waals surface area (Å²) in [5, 5.41) is 19.4. The average Bonchev–Trinajstić information content (AvgIpc) is 2.74. The number of aliphatic hydroxyl groups excluding tert-OH is 1. The number of alkyl halides is 3. The van der Waals surface area contributed by atoms with E-state index in [1.165, 1.54) is 12.1 Å². The highest BCUT2D eigenvalue weighted by molar-refractivity contribution is 6.04. The molecule has 0 spiro atoms. The van der Waals surface area contributed by atoms with Crippen molar-refractivity contribution in [1.82, 2.24) is 15.5 Å². The zero-order chi connectivity index (χ0) is 21.6. The van der Waals surface area contributed by atoms with Crippen molar-refractivity contribution >= 4 is 11.6 Å². The van der Waals surface area contributed by atoms with Crippen LogP contribution in [0.15, 0.2) is 48.5 Å². The fraction of sp³-hybridized carbons (Fsp3) is 0.381. The number of aliphatic hydroxyl groups is 1. The zero-order valence-electron chi connectivity index (χ0n) is 16.4. The number of carbonyl (C=O) groups excluding carboxylic acids is 1. The minimum Gasteiger partial charge on any atom is -0.374 e. The summed E-state index contributed by atoms with van der Waals surface area (Å²) in [6.45, 7) is 5.09. The largest absolute Gasteiger partial charge is 0.416 e. The predicted octanol–water partition coefficient (Wildman–Crippen LogP) is 2.44. The molecule has 1 atom stereocenters. The SMILES string of the molecule is O=C(Nc1ccccc1C(O)NCCN1CCNCC1)c1cccc(C(F)(F)F)c1. The molecular formula is C21H25F3N4O2. The smallest absolute Gasteiger partial charge is 0.374 e. The summed E-state index contributed by atoms with van der Waals surface area (Å²) in [5.74, 6) is -0.679. The third-order valence-corrected chi connectivity index (χ3v) is 4.93. The van der Waals surface area contributed by atoms with Crippen molar-refractivity contribution in [3.8, 4) is 0 Å². The van der Waals surface area contributed by atoms with E-state index in [0.717, 1.165) is 44.9 Å². The highest BCUT2D eigenvalue weighted by Crippen LogP contribution is 2.30. The molecule has 1 aliphatic rings. The Hall–Kier alpha value is -2.46. The lowest BCUT2D eigenvalue weighted by molar-refractivity contribution is -0.137. The van der Waals surface area contributed by atoms with Crippen LogP contribution in [-0.2, 0) is 6.18 Å². The second-order valence-electron chi connectivity index (χ2n) is 7.07. The second kappa shape index (κ2) is 10.0. The highest BCUT2D eigenvalue weighted by Gasteiger charge is 2.31. The van der Waals surface area contributed by atoms with E-state index in [1.807, 2.05) is 0 Å². The summed E-state index contributed by atoms with van der Waals surface area (Å²) >= 11 is 0. The molecule has 2 aromatic carbocycles. The van der Waals surface area contributed by atoms with Crippen LogP contribution < -0.4 is 16.0 Å². The van der Waals surface area contributed by atoms with Gasteiger partial charge in [0.25, 0.3) is 5.91 Å². The monoisotopic (exact) mass is 422 g/mol. The molecular weight excluding hydrogens is 397 g/mol. The van der Waals surface area contributed by atoms with Gasteiger partial charge in [-0.2, -0.15) is 13.2 Å². The normalized spacial score (nSPS) is 16.3. The van der Waals surface area contributed by atoms with Gasteiger partial charge in [-0.15, -0.1) is 0 Å². The highest BCUT2D eigenvalue weighted by atomic mass is 19.4. The fourth-order valence-electron chi connectivity index (χ4n) is 3.28. The summed E-state index contributed by atoms with van der Waals surface area (Å²) in [6, 6.07) is 10.9. The number of nitrogens with one attached hydrogen (secondary N) is 3. The van der Waals surface area contributed by atoms with Gasteiger partial charge in [0.15, 0.2) is 0 Å². The molecule has 162 valence electrons. The number of hydrogen-bond acceptors (Lipinski definition) is 5. The summed E-state index contributed by atoms with van der Waals surface area (Å²) in [5.41, 5.74) is -0.223. The molecule has 1 amide bonds. The molecule has 1 aliphatic heterocycles. The molecule has 9 heteroatoms. The molecule has 0 bridgehead atoms. The first-order valence-electron chi connectivity index (χ1n) is 9.76. The zero-order valence-corrected chi connectivity index (χ0v) is 16.4. The Morgan fingerprint density at radius 3 is 2.60 bits per heavy atom. The van der Waals surface area contributed by atoms with Gasteiger partial charge in [0.2, 0.25) is 0 Å². The van der Waals surface area contributed by atoms with Crippen LogP contribution >= 0.6 is 0 Å². The van der Waals surface area contributed by atoms with Crippen LogP contribution in [0.2, 0.25) is 0 Å². The van der Waals surface area contributed by atoms with Crippen molar-refractivity contribution in [3.05, 3.63) is 65.2 Å². The van der Waals surface area contributed by atoms with Gasteiger partial charge in [0, 0.05) is 56.1 Å². The Bertz CT molecular complexity index is 854. The molecule has 6 nitrogen and oxygen atoms in total. The van der Waals surface area contributed by atoms with E-state index in [1.54, 1.807) is 24.3 Å². The van der Waals surface area contributed by atoms with Crippen LogP contribution in [-0.4, -0.2) is 55.2 Å². The fourth-order valence-corrected chi connectivity index (χ4v) is 3.28. The molecule has 1 unspecified atom stereocenters. The van der Waals surface area contributed by atoms with Gasteiger partial charge in [-0.25, -0.2) is 0 Å². The summed E-state index contributed by atoms with van der Waals surface area (Å²) in [6.07, 6.45) is -5.55. The Balaban J connectivity index is 1.63. The molecule has 0 saturated carbocycles. The van der Waals surface area contributed by atoms with Gasteiger partial charge in [0.05, 0.1) is 5.56 Å². The molecule has 0 aromatic heterocycles. The third kappa shape index (κ3) is 6.02. The third-order valence-electron chi connectivity index (χ3n) is 4.93. The van der Waals surface area contributed by atoms with E-state index in [2.05, 4.69) is 20.9 Å². The van der Waals surface area contributed by atoms with Gasteiger partial charge >= 0.3 is 6.18 Å². The molecule has 3 rings (SSSR count). The lowest BCUT2D eigenvalue weighted by Crippen LogP contribution is -2.46. The number of halogens is 3. The Labute approximate surface area is 173 Å². The summed E-state index contributed by atoms with van der Waals surface area (Å²) in [7, 11) is 0. The van der Waals surface area contributed by atoms with E-state index in [0.29, 0.717) is 17.8 Å². The first kappa shape index (κ1) is 22.2. The maximum Gasteiger partial charge on any atom is 0.416 e. The Morgan fingerprint density at radius 2 is 1.87 bits per heavy atom. The van der Waals surface area contributed by atoms with Crippen molar-refractivity contribution in [2.45, 2.75) is 12.4 Å². The molecule has 1 heterocycles. The van der Waals surface area contributed by atoms with Crippen molar-refractivity contribution < 1.29 is 23.1 Å². The quantitative estimate of drug-likeness (QED) is 0.516. The van der Waals surface area contributed by atoms with Crippen LogP contribution in [0.3, 0.4) is 0 Å². The molecule has 30 heavy (non-hydrogen) atoms. The number of piperazine rings is 1. The molecule has 0 radical (unpaired) electrons. The van der Waals surface area contributed by atoms with Crippen LogP contribution in [0, 0.1) is 0 Å². The number of nitrogens with zero attached hydrogens (tertiary/aromatic N) is 1. The Morgan fingerprint density at radius 1 is 1.13 bits per heavy atom. The maximum absolute atomic E-state index is 12.9. The lowest BCUT2D eigenvalue weighted by Gasteiger charge is -2.27. The van der Waals surface area contributed by atoms with E-state index in [4.69, 9.17) is 0 Å². The molecule has 2 aromatic rings. The van der Waals surface area contributed by atoms with Gasteiger partial charge in [-0.1, -0.05) is 24.3 Å². The number of anilines is 1. The maximum atomic E-state index is 12.9. The van der Waals surface area contributed by atoms with E-state index >= 15 is 0 Å². The number of para-hydroxylation sites is 1. The van der Waals surface area contributed by atoms with E-state index < -0.39 is 23.9 Å².